The molecule has 100 valence electrons. The van der Waals surface area contributed by atoms with Crippen molar-refractivity contribution < 1.29 is 19.1 Å². The summed E-state index contributed by atoms with van der Waals surface area (Å²) < 4.78 is 10.0. The van der Waals surface area contributed by atoms with Gasteiger partial charge in [-0.3, -0.25) is 4.90 Å². The van der Waals surface area contributed by atoms with Crippen LogP contribution in [0.15, 0.2) is 42.0 Å². The fourth-order valence-electron chi connectivity index (χ4n) is 1.75. The lowest BCUT2D eigenvalue weighted by Crippen LogP contribution is -2.34. The van der Waals surface area contributed by atoms with Crippen molar-refractivity contribution in [3.63, 3.8) is 0 Å². The van der Waals surface area contributed by atoms with Crippen LogP contribution in [0.5, 0.6) is 0 Å². The molecule has 1 amide bonds. The van der Waals surface area contributed by atoms with E-state index in [0.29, 0.717) is 12.1 Å². The Balaban J connectivity index is 2.05. The van der Waals surface area contributed by atoms with Gasteiger partial charge in [0.2, 0.25) is 0 Å². The number of hydrogen-bond acceptors (Lipinski definition) is 4. The average molecular weight is 261 g/mol. The third-order valence-corrected chi connectivity index (χ3v) is 2.75. The summed E-state index contributed by atoms with van der Waals surface area (Å²) in [5, 5.41) is 0. The highest BCUT2D eigenvalue weighted by atomic mass is 16.7. The second-order valence-corrected chi connectivity index (χ2v) is 4.09. The van der Waals surface area contributed by atoms with Crippen LogP contribution in [0.1, 0.15) is 13.8 Å². The van der Waals surface area contributed by atoms with Gasteiger partial charge in [0, 0.05) is 23.9 Å². The first kappa shape index (κ1) is 13.1. The summed E-state index contributed by atoms with van der Waals surface area (Å²) in [7, 11) is 0. The van der Waals surface area contributed by atoms with Crippen LogP contribution in [0, 0.1) is 0 Å². The summed E-state index contributed by atoms with van der Waals surface area (Å²) in [5.41, 5.74) is 1.18. The van der Waals surface area contributed by atoms with E-state index in [-0.39, 0.29) is 0 Å². The molecule has 0 saturated carbocycles. The van der Waals surface area contributed by atoms with E-state index in [2.05, 4.69) is 0 Å². The van der Waals surface area contributed by atoms with Crippen molar-refractivity contribution in [1.29, 1.82) is 0 Å². The molecular weight excluding hydrogens is 246 g/mol. The molecule has 1 unspecified atom stereocenters. The number of rotatable bonds is 3. The van der Waals surface area contributed by atoms with Gasteiger partial charge in [0.05, 0.1) is 0 Å². The minimum absolute atomic E-state index is 0.445. The van der Waals surface area contributed by atoms with Gasteiger partial charge in [-0.2, -0.15) is 0 Å². The third-order valence-electron chi connectivity index (χ3n) is 2.75. The molecule has 1 aromatic rings. The molecule has 0 aliphatic carbocycles. The van der Waals surface area contributed by atoms with E-state index >= 15 is 0 Å². The van der Waals surface area contributed by atoms with Crippen LogP contribution in [0.2, 0.25) is 0 Å². The van der Waals surface area contributed by atoms with Crippen molar-refractivity contribution in [1.82, 2.24) is 0 Å². The lowest BCUT2D eigenvalue weighted by atomic mass is 10.3. The number of esters is 1. The van der Waals surface area contributed by atoms with Crippen molar-refractivity contribution in [3.05, 3.63) is 42.0 Å². The normalized spacial score (nSPS) is 17.7. The number of carbonyl (C=O) groups is 2. The number of para-hydroxylation sites is 1. The van der Waals surface area contributed by atoms with Gasteiger partial charge in [-0.15, -0.1) is 0 Å². The van der Waals surface area contributed by atoms with Crippen molar-refractivity contribution in [2.24, 2.45) is 0 Å². The monoisotopic (exact) mass is 261 g/mol. The Morgan fingerprint density at radius 3 is 2.58 bits per heavy atom. The number of carbonyl (C=O) groups excluding carboxylic acids is 2. The van der Waals surface area contributed by atoms with E-state index in [9.17, 15) is 9.59 Å². The van der Waals surface area contributed by atoms with E-state index in [0.717, 1.165) is 5.69 Å². The quantitative estimate of drug-likeness (QED) is 0.784. The summed E-state index contributed by atoms with van der Waals surface area (Å²) in [6.45, 7) is 3.92. The Hall–Kier alpha value is -2.30. The summed E-state index contributed by atoms with van der Waals surface area (Å²) >= 11 is 0. The van der Waals surface area contributed by atoms with Gasteiger partial charge in [-0.05, 0) is 26.0 Å². The fourth-order valence-corrected chi connectivity index (χ4v) is 1.75. The molecule has 0 radical (unpaired) electrons. The largest absolute Gasteiger partial charge is 0.418 e. The topological polar surface area (TPSA) is 55.8 Å². The highest BCUT2D eigenvalue weighted by molar-refractivity contribution is 5.91. The molecule has 1 heterocycles. The van der Waals surface area contributed by atoms with E-state index in [1.54, 1.807) is 6.92 Å². The van der Waals surface area contributed by atoms with Crippen LogP contribution in [0.25, 0.3) is 0 Å². The van der Waals surface area contributed by atoms with Crippen molar-refractivity contribution in [2.75, 3.05) is 11.4 Å². The molecule has 0 saturated heterocycles. The molecule has 1 aliphatic heterocycles. The summed E-state index contributed by atoms with van der Waals surface area (Å²) in [5.74, 6) is -0.458. The lowest BCUT2D eigenvalue weighted by molar-refractivity contribution is -0.151. The van der Waals surface area contributed by atoms with E-state index in [4.69, 9.17) is 9.47 Å². The van der Waals surface area contributed by atoms with Crippen LogP contribution in [-0.4, -0.2) is 24.9 Å². The van der Waals surface area contributed by atoms with Gasteiger partial charge in [-0.1, -0.05) is 18.2 Å². The number of hydrogen-bond donors (Lipinski definition) is 0. The third kappa shape index (κ3) is 2.93. The molecule has 0 spiro atoms. The molecule has 0 N–H and O–H groups in total. The number of nitrogens with zero attached hydrogens (tertiary/aromatic N) is 1. The molecule has 5 heteroatoms. The zero-order valence-corrected chi connectivity index (χ0v) is 10.8. The molecule has 0 fully saturated rings. The first-order valence-electron chi connectivity index (χ1n) is 6.04. The fraction of sp³-hybridized carbons (Fsp3) is 0.286. The van der Waals surface area contributed by atoms with Crippen LogP contribution in [0.3, 0.4) is 0 Å². The molecular formula is C14H15NO4. The molecule has 5 nitrogen and oxygen atoms in total. The molecule has 19 heavy (non-hydrogen) atoms. The van der Waals surface area contributed by atoms with Crippen LogP contribution < -0.4 is 4.90 Å². The Kier molecular flexibility index (Phi) is 3.85. The number of cyclic esters (lactones) is 1. The van der Waals surface area contributed by atoms with Gasteiger partial charge >= 0.3 is 12.1 Å². The molecule has 1 atom stereocenters. The van der Waals surface area contributed by atoms with Gasteiger partial charge in [0.25, 0.3) is 6.29 Å². The summed E-state index contributed by atoms with van der Waals surface area (Å²) in [6, 6.07) is 9.17. The van der Waals surface area contributed by atoms with Crippen molar-refractivity contribution in [2.45, 2.75) is 20.1 Å². The van der Waals surface area contributed by atoms with E-state index in [1.165, 1.54) is 11.0 Å². The standard InChI is InChI=1S/C14H15NO4/c1-3-15(11-7-5-4-6-8-11)14(17)19-12-9-10(2)13(16)18-12/h4-9,12H,3H2,1-2H3. The number of ether oxygens (including phenoxy) is 2. The zero-order valence-electron chi connectivity index (χ0n) is 10.8. The number of amides is 1. The van der Waals surface area contributed by atoms with Crippen molar-refractivity contribution >= 4 is 17.7 Å². The first-order valence-corrected chi connectivity index (χ1v) is 6.04. The van der Waals surface area contributed by atoms with Crippen molar-refractivity contribution in [3.8, 4) is 0 Å². The van der Waals surface area contributed by atoms with Gasteiger partial charge in [-0.25, -0.2) is 9.59 Å². The Bertz CT molecular complexity index is 509. The second kappa shape index (κ2) is 5.56. The Labute approximate surface area is 111 Å². The Morgan fingerprint density at radius 1 is 1.37 bits per heavy atom. The number of benzene rings is 1. The first-order chi connectivity index (χ1) is 9.11. The number of anilines is 1. The zero-order chi connectivity index (χ0) is 13.8. The van der Waals surface area contributed by atoms with Crippen LogP contribution >= 0.6 is 0 Å². The maximum absolute atomic E-state index is 12.0. The second-order valence-electron chi connectivity index (χ2n) is 4.09. The lowest BCUT2D eigenvalue weighted by Gasteiger charge is -2.21. The predicted molar refractivity (Wildman–Crippen MR) is 69.6 cm³/mol. The molecule has 0 bridgehead atoms. The van der Waals surface area contributed by atoms with E-state index < -0.39 is 18.4 Å². The Morgan fingerprint density at radius 2 is 2.05 bits per heavy atom. The molecule has 0 aromatic heterocycles. The van der Waals surface area contributed by atoms with E-state index in [1.807, 2.05) is 37.3 Å². The van der Waals surface area contributed by atoms with Gasteiger partial charge in [0.1, 0.15) is 0 Å². The van der Waals surface area contributed by atoms with Crippen LogP contribution in [0.4, 0.5) is 10.5 Å². The predicted octanol–water partition coefficient (Wildman–Crippen LogP) is 2.48. The molecule has 1 aliphatic rings. The highest BCUT2D eigenvalue weighted by Gasteiger charge is 2.27. The van der Waals surface area contributed by atoms with Gasteiger partial charge in [0.15, 0.2) is 0 Å². The highest BCUT2D eigenvalue weighted by Crippen LogP contribution is 2.18. The summed E-state index contributed by atoms with van der Waals surface area (Å²) in [4.78, 5) is 24.7. The SMILES string of the molecule is CCN(C(=O)OC1C=C(C)C(=O)O1)c1ccccc1. The summed E-state index contributed by atoms with van der Waals surface area (Å²) in [6.07, 6.45) is 0.00853. The molecule has 1 aromatic carbocycles. The maximum Gasteiger partial charge on any atom is 0.417 e. The van der Waals surface area contributed by atoms with Gasteiger partial charge < -0.3 is 9.47 Å². The minimum atomic E-state index is -0.933. The average Bonchev–Trinajstić information content (AvgIpc) is 2.70. The minimum Gasteiger partial charge on any atom is -0.418 e. The molecule has 2 rings (SSSR count). The van der Waals surface area contributed by atoms with Crippen LogP contribution in [-0.2, 0) is 14.3 Å². The smallest absolute Gasteiger partial charge is 0.417 e. The maximum atomic E-state index is 12.0.